The Hall–Kier alpha value is -1.60. The van der Waals surface area contributed by atoms with Crippen molar-refractivity contribution in [2.75, 3.05) is 6.54 Å². The van der Waals surface area contributed by atoms with E-state index in [0.717, 1.165) is 0 Å². The van der Waals surface area contributed by atoms with Gasteiger partial charge >= 0.3 is 0 Å². The van der Waals surface area contributed by atoms with Crippen LogP contribution in [-0.4, -0.2) is 17.4 Å². The molecule has 0 aromatic carbocycles. The average Bonchev–Trinajstić information content (AvgIpc) is 2.18. The molecule has 0 atom stereocenters. The predicted molar refractivity (Wildman–Crippen MR) is 51.8 cm³/mol. The predicted octanol–water partition coefficient (Wildman–Crippen LogP) is 1.38. The van der Waals surface area contributed by atoms with Gasteiger partial charge in [0.15, 0.2) is 0 Å². The second-order valence-corrected chi connectivity index (χ2v) is 2.90. The third-order valence-electron chi connectivity index (χ3n) is 1.47. The smallest absolute Gasteiger partial charge is 0.269 e. The van der Waals surface area contributed by atoms with Crippen LogP contribution in [0.2, 0.25) is 5.15 Å². The fraction of sp³-hybridized carbons (Fsp3) is 0.222. The van der Waals surface area contributed by atoms with Crippen molar-refractivity contribution in [3.8, 4) is 6.07 Å². The fourth-order valence-electron chi connectivity index (χ4n) is 0.857. The molecule has 0 saturated carbocycles. The van der Waals surface area contributed by atoms with Crippen LogP contribution in [0, 0.1) is 11.3 Å². The van der Waals surface area contributed by atoms with Crippen molar-refractivity contribution in [1.29, 1.82) is 5.26 Å². The van der Waals surface area contributed by atoms with E-state index in [-0.39, 0.29) is 23.2 Å². The van der Waals surface area contributed by atoms with Crippen molar-refractivity contribution in [1.82, 2.24) is 10.3 Å². The van der Waals surface area contributed by atoms with E-state index in [2.05, 4.69) is 10.3 Å². The summed E-state index contributed by atoms with van der Waals surface area (Å²) < 4.78 is 0. The zero-order valence-electron chi connectivity index (χ0n) is 7.33. The molecular formula is C9H8ClN3O. The zero-order valence-corrected chi connectivity index (χ0v) is 8.08. The molecule has 0 unspecified atom stereocenters. The highest BCUT2D eigenvalue weighted by molar-refractivity contribution is 6.29. The lowest BCUT2D eigenvalue weighted by atomic mass is 10.3. The summed E-state index contributed by atoms with van der Waals surface area (Å²) in [7, 11) is 0. The number of hydrogen-bond acceptors (Lipinski definition) is 3. The van der Waals surface area contributed by atoms with Gasteiger partial charge in [-0.05, 0) is 12.1 Å². The SMILES string of the molecule is N#CCCNC(=O)c1cccc(Cl)n1. The highest BCUT2D eigenvalue weighted by atomic mass is 35.5. The van der Waals surface area contributed by atoms with E-state index >= 15 is 0 Å². The van der Waals surface area contributed by atoms with Gasteiger partial charge in [0.05, 0.1) is 12.5 Å². The summed E-state index contributed by atoms with van der Waals surface area (Å²) in [6.45, 7) is 0.323. The van der Waals surface area contributed by atoms with Crippen LogP contribution in [0.1, 0.15) is 16.9 Å². The standard InChI is InChI=1S/C9H8ClN3O/c10-8-4-1-3-7(13-8)9(14)12-6-2-5-11/h1,3-4H,2,6H2,(H,12,14). The van der Waals surface area contributed by atoms with Crippen LogP contribution in [0.5, 0.6) is 0 Å². The van der Waals surface area contributed by atoms with Crippen LogP contribution < -0.4 is 5.32 Å². The van der Waals surface area contributed by atoms with E-state index in [1.54, 1.807) is 18.2 Å². The van der Waals surface area contributed by atoms with Crippen molar-refractivity contribution in [2.45, 2.75) is 6.42 Å². The van der Waals surface area contributed by atoms with Crippen LogP contribution in [0.15, 0.2) is 18.2 Å². The molecule has 0 spiro atoms. The molecule has 0 aliphatic rings. The third-order valence-corrected chi connectivity index (χ3v) is 1.68. The molecule has 1 amide bonds. The first-order chi connectivity index (χ1) is 6.74. The third kappa shape index (κ3) is 3.04. The lowest BCUT2D eigenvalue weighted by Gasteiger charge is -2.01. The molecule has 0 fully saturated rings. The number of amides is 1. The van der Waals surface area contributed by atoms with Crippen molar-refractivity contribution in [3.05, 3.63) is 29.0 Å². The Balaban J connectivity index is 2.57. The summed E-state index contributed by atoms with van der Waals surface area (Å²) >= 11 is 5.61. The second kappa shape index (κ2) is 5.20. The maximum absolute atomic E-state index is 11.3. The summed E-state index contributed by atoms with van der Waals surface area (Å²) in [5.41, 5.74) is 0.260. The molecule has 72 valence electrons. The van der Waals surface area contributed by atoms with Gasteiger partial charge in [-0.2, -0.15) is 5.26 Å². The van der Waals surface area contributed by atoms with Crippen molar-refractivity contribution < 1.29 is 4.79 Å². The highest BCUT2D eigenvalue weighted by Crippen LogP contribution is 2.04. The van der Waals surface area contributed by atoms with Gasteiger partial charge in [0.1, 0.15) is 10.8 Å². The number of hydrogen-bond donors (Lipinski definition) is 1. The summed E-state index contributed by atoms with van der Waals surface area (Å²) in [5, 5.41) is 11.1. The number of nitrogens with zero attached hydrogens (tertiary/aromatic N) is 2. The van der Waals surface area contributed by atoms with Gasteiger partial charge in [-0.3, -0.25) is 4.79 Å². The van der Waals surface area contributed by atoms with E-state index in [1.807, 2.05) is 6.07 Å². The minimum atomic E-state index is -0.317. The number of carbonyl (C=O) groups excluding carboxylic acids is 1. The Bertz CT molecular complexity index is 373. The molecule has 5 heteroatoms. The van der Waals surface area contributed by atoms with Gasteiger partial charge in [-0.25, -0.2) is 4.98 Å². The molecule has 0 saturated heterocycles. The first-order valence-electron chi connectivity index (χ1n) is 4.02. The normalized spacial score (nSPS) is 9.14. The van der Waals surface area contributed by atoms with Gasteiger partial charge in [0.25, 0.3) is 5.91 Å². The molecule has 0 aliphatic carbocycles. The molecule has 1 heterocycles. The first-order valence-corrected chi connectivity index (χ1v) is 4.39. The van der Waals surface area contributed by atoms with Crippen LogP contribution in [0.4, 0.5) is 0 Å². The molecule has 0 radical (unpaired) electrons. The Morgan fingerprint density at radius 2 is 2.43 bits per heavy atom. The maximum atomic E-state index is 11.3. The highest BCUT2D eigenvalue weighted by Gasteiger charge is 2.05. The van der Waals surface area contributed by atoms with Crippen molar-refractivity contribution in [2.24, 2.45) is 0 Å². The topological polar surface area (TPSA) is 65.8 Å². The Labute approximate surface area is 86.5 Å². The van der Waals surface area contributed by atoms with Crippen LogP contribution >= 0.6 is 11.6 Å². The molecule has 1 N–H and O–H groups in total. The van der Waals surface area contributed by atoms with Gasteiger partial charge in [0, 0.05) is 6.54 Å². The average molecular weight is 210 g/mol. The summed E-state index contributed by atoms with van der Waals surface area (Å²) in [5.74, 6) is -0.317. The molecule has 1 aromatic heterocycles. The Morgan fingerprint density at radius 3 is 3.07 bits per heavy atom. The minimum absolute atomic E-state index is 0.260. The Morgan fingerprint density at radius 1 is 1.64 bits per heavy atom. The van der Waals surface area contributed by atoms with Crippen LogP contribution in [0.3, 0.4) is 0 Å². The van der Waals surface area contributed by atoms with Crippen molar-refractivity contribution >= 4 is 17.5 Å². The number of rotatable bonds is 3. The number of halogens is 1. The molecule has 14 heavy (non-hydrogen) atoms. The molecule has 1 rings (SSSR count). The van der Waals surface area contributed by atoms with E-state index in [1.165, 1.54) is 0 Å². The zero-order chi connectivity index (χ0) is 10.4. The summed E-state index contributed by atoms with van der Waals surface area (Å²) in [6, 6.07) is 6.73. The molecular weight excluding hydrogens is 202 g/mol. The lowest BCUT2D eigenvalue weighted by Crippen LogP contribution is -2.25. The minimum Gasteiger partial charge on any atom is -0.350 e. The molecule has 4 nitrogen and oxygen atoms in total. The number of nitrogens with one attached hydrogen (secondary N) is 1. The lowest BCUT2D eigenvalue weighted by molar-refractivity contribution is 0.0949. The van der Waals surface area contributed by atoms with E-state index in [4.69, 9.17) is 16.9 Å². The molecule has 0 aliphatic heterocycles. The van der Waals surface area contributed by atoms with Gasteiger partial charge in [-0.15, -0.1) is 0 Å². The van der Waals surface area contributed by atoms with Crippen molar-refractivity contribution in [3.63, 3.8) is 0 Å². The van der Waals surface area contributed by atoms with E-state index in [0.29, 0.717) is 6.54 Å². The Kier molecular flexibility index (Phi) is 3.89. The van der Waals surface area contributed by atoms with Gasteiger partial charge in [-0.1, -0.05) is 17.7 Å². The van der Waals surface area contributed by atoms with Crippen LogP contribution in [0.25, 0.3) is 0 Å². The summed E-state index contributed by atoms with van der Waals surface area (Å²) in [6.07, 6.45) is 0.284. The van der Waals surface area contributed by atoms with E-state index in [9.17, 15) is 4.79 Å². The van der Waals surface area contributed by atoms with Crippen LogP contribution in [-0.2, 0) is 0 Å². The number of aromatic nitrogens is 1. The maximum Gasteiger partial charge on any atom is 0.269 e. The first kappa shape index (κ1) is 10.5. The summed E-state index contributed by atoms with van der Waals surface area (Å²) in [4.78, 5) is 15.2. The van der Waals surface area contributed by atoms with Gasteiger partial charge in [0.2, 0.25) is 0 Å². The van der Waals surface area contributed by atoms with E-state index < -0.39 is 0 Å². The number of carbonyl (C=O) groups is 1. The number of nitriles is 1. The number of pyridine rings is 1. The fourth-order valence-corrected chi connectivity index (χ4v) is 1.02. The molecule has 0 bridgehead atoms. The quantitative estimate of drug-likeness (QED) is 0.604. The second-order valence-electron chi connectivity index (χ2n) is 2.51. The largest absolute Gasteiger partial charge is 0.350 e. The monoisotopic (exact) mass is 209 g/mol. The molecule has 1 aromatic rings. The van der Waals surface area contributed by atoms with Gasteiger partial charge < -0.3 is 5.32 Å².